The summed E-state index contributed by atoms with van der Waals surface area (Å²) < 4.78 is 5.83. The zero-order valence-electron chi connectivity index (χ0n) is 14.7. The average Bonchev–Trinajstić information content (AvgIpc) is 2.65. The van der Waals surface area contributed by atoms with Crippen LogP contribution in [0.4, 0.5) is 5.82 Å². The Kier molecular flexibility index (Phi) is 6.21. The van der Waals surface area contributed by atoms with Gasteiger partial charge in [0, 0.05) is 11.9 Å². The number of rotatable bonds is 9. The van der Waals surface area contributed by atoms with Crippen molar-refractivity contribution in [1.82, 2.24) is 9.97 Å². The molecule has 1 N–H and O–H groups in total. The summed E-state index contributed by atoms with van der Waals surface area (Å²) in [7, 11) is 0. The first-order valence-electron chi connectivity index (χ1n) is 8.96. The molecule has 0 bridgehead atoms. The molecule has 0 radical (unpaired) electrons. The zero-order chi connectivity index (χ0) is 17.3. The Labute approximate surface area is 149 Å². The smallest absolute Gasteiger partial charge is 0.137 e. The van der Waals surface area contributed by atoms with Gasteiger partial charge in [-0.3, -0.25) is 0 Å². The monoisotopic (exact) mass is 335 g/mol. The van der Waals surface area contributed by atoms with E-state index in [0.717, 1.165) is 48.5 Å². The maximum Gasteiger partial charge on any atom is 0.137 e. The first-order chi connectivity index (χ1) is 12.3. The average molecular weight is 335 g/mol. The van der Waals surface area contributed by atoms with E-state index in [1.54, 1.807) is 6.33 Å². The number of fused-ring (bicyclic) bond motifs is 1. The summed E-state index contributed by atoms with van der Waals surface area (Å²) in [6.07, 6.45) is 6.20. The third kappa shape index (κ3) is 4.92. The molecule has 4 nitrogen and oxygen atoms in total. The highest BCUT2D eigenvalue weighted by Crippen LogP contribution is 2.19. The molecule has 0 spiro atoms. The molecule has 3 aromatic rings. The van der Waals surface area contributed by atoms with E-state index in [1.807, 2.05) is 36.4 Å². The molecule has 0 aliphatic rings. The van der Waals surface area contributed by atoms with Gasteiger partial charge in [-0.05, 0) is 43.5 Å². The van der Waals surface area contributed by atoms with E-state index in [9.17, 15) is 0 Å². The second-order valence-electron chi connectivity index (χ2n) is 6.19. The summed E-state index contributed by atoms with van der Waals surface area (Å²) in [5, 5.41) is 4.51. The van der Waals surface area contributed by atoms with Crippen molar-refractivity contribution in [3.05, 3.63) is 60.4 Å². The molecule has 4 heteroatoms. The maximum absolute atomic E-state index is 5.83. The van der Waals surface area contributed by atoms with Crippen molar-refractivity contribution in [2.45, 2.75) is 32.6 Å². The third-order valence-electron chi connectivity index (χ3n) is 4.26. The molecule has 0 aliphatic heterocycles. The number of anilines is 1. The summed E-state index contributed by atoms with van der Waals surface area (Å²) >= 11 is 0. The van der Waals surface area contributed by atoms with E-state index in [2.05, 4.69) is 34.3 Å². The van der Waals surface area contributed by atoms with Gasteiger partial charge in [0.1, 0.15) is 17.9 Å². The van der Waals surface area contributed by atoms with Crippen LogP contribution in [0.2, 0.25) is 0 Å². The molecule has 0 saturated carbocycles. The SMILES string of the molecule is Cc1ccccc1OCCCCCCNc1ncnc2ccccc12. The van der Waals surface area contributed by atoms with Gasteiger partial charge in [-0.1, -0.05) is 43.2 Å². The van der Waals surface area contributed by atoms with Crippen LogP contribution in [0.3, 0.4) is 0 Å². The van der Waals surface area contributed by atoms with Crippen molar-refractivity contribution < 1.29 is 4.74 Å². The van der Waals surface area contributed by atoms with E-state index in [4.69, 9.17) is 4.74 Å². The second-order valence-corrected chi connectivity index (χ2v) is 6.19. The number of hydrogen-bond acceptors (Lipinski definition) is 4. The van der Waals surface area contributed by atoms with Crippen molar-refractivity contribution in [2.24, 2.45) is 0 Å². The highest BCUT2D eigenvalue weighted by Gasteiger charge is 2.02. The zero-order valence-corrected chi connectivity index (χ0v) is 14.7. The van der Waals surface area contributed by atoms with E-state index in [0.29, 0.717) is 0 Å². The molecule has 0 amide bonds. The Hall–Kier alpha value is -2.62. The first kappa shape index (κ1) is 17.2. The van der Waals surface area contributed by atoms with Crippen LogP contribution in [0.15, 0.2) is 54.9 Å². The minimum absolute atomic E-state index is 0.787. The van der Waals surface area contributed by atoms with Gasteiger partial charge in [0.15, 0.2) is 0 Å². The highest BCUT2D eigenvalue weighted by atomic mass is 16.5. The van der Waals surface area contributed by atoms with E-state index in [1.165, 1.54) is 18.4 Å². The van der Waals surface area contributed by atoms with Crippen molar-refractivity contribution in [3.8, 4) is 5.75 Å². The summed E-state index contributed by atoms with van der Waals surface area (Å²) in [5.41, 5.74) is 2.18. The standard InChI is InChI=1S/C21H25N3O/c1-17-10-4-7-13-20(17)25-15-9-3-2-8-14-22-21-18-11-5-6-12-19(18)23-16-24-21/h4-7,10-13,16H,2-3,8-9,14-15H2,1H3,(H,22,23,24). The molecule has 2 aromatic carbocycles. The molecule has 3 rings (SSSR count). The van der Waals surface area contributed by atoms with Crippen LogP contribution in [-0.2, 0) is 0 Å². The van der Waals surface area contributed by atoms with Crippen molar-refractivity contribution in [1.29, 1.82) is 0 Å². The lowest BCUT2D eigenvalue weighted by Crippen LogP contribution is -2.05. The number of para-hydroxylation sites is 2. The van der Waals surface area contributed by atoms with Crippen molar-refractivity contribution in [3.63, 3.8) is 0 Å². The predicted molar refractivity (Wildman–Crippen MR) is 103 cm³/mol. The van der Waals surface area contributed by atoms with E-state index in [-0.39, 0.29) is 0 Å². The van der Waals surface area contributed by atoms with Gasteiger partial charge < -0.3 is 10.1 Å². The number of aromatic nitrogens is 2. The van der Waals surface area contributed by atoms with Gasteiger partial charge in [-0.15, -0.1) is 0 Å². The molecule has 25 heavy (non-hydrogen) atoms. The number of hydrogen-bond donors (Lipinski definition) is 1. The lowest BCUT2D eigenvalue weighted by atomic mass is 10.2. The summed E-state index contributed by atoms with van der Waals surface area (Å²) in [6.45, 7) is 3.80. The molecular formula is C21H25N3O. The second kappa shape index (κ2) is 9.02. The lowest BCUT2D eigenvalue weighted by molar-refractivity contribution is 0.303. The van der Waals surface area contributed by atoms with Gasteiger partial charge in [-0.25, -0.2) is 9.97 Å². The summed E-state index contributed by atoms with van der Waals surface area (Å²) in [5.74, 6) is 1.92. The minimum atomic E-state index is 0.787. The maximum atomic E-state index is 5.83. The topological polar surface area (TPSA) is 47.0 Å². The summed E-state index contributed by atoms with van der Waals surface area (Å²) in [6, 6.07) is 16.3. The first-order valence-corrected chi connectivity index (χ1v) is 8.96. The van der Waals surface area contributed by atoms with Gasteiger partial charge in [0.2, 0.25) is 0 Å². The molecule has 0 atom stereocenters. The number of nitrogens with one attached hydrogen (secondary N) is 1. The molecule has 1 heterocycles. The Morgan fingerprint density at radius 3 is 2.60 bits per heavy atom. The molecule has 0 saturated heterocycles. The third-order valence-corrected chi connectivity index (χ3v) is 4.26. The molecule has 0 aliphatic carbocycles. The Balaban J connectivity index is 1.32. The van der Waals surface area contributed by atoms with Crippen LogP contribution in [0.5, 0.6) is 5.75 Å². The number of ether oxygens (including phenoxy) is 1. The fraction of sp³-hybridized carbons (Fsp3) is 0.333. The lowest BCUT2D eigenvalue weighted by Gasteiger charge is -2.09. The fourth-order valence-corrected chi connectivity index (χ4v) is 2.83. The van der Waals surface area contributed by atoms with E-state index >= 15 is 0 Å². The predicted octanol–water partition coefficient (Wildman–Crippen LogP) is 4.99. The Bertz CT molecular complexity index is 799. The molecule has 0 unspecified atom stereocenters. The van der Waals surface area contributed by atoms with Crippen LogP contribution in [0, 0.1) is 6.92 Å². The fourth-order valence-electron chi connectivity index (χ4n) is 2.83. The van der Waals surface area contributed by atoms with Gasteiger partial charge in [-0.2, -0.15) is 0 Å². The Morgan fingerprint density at radius 2 is 1.68 bits per heavy atom. The van der Waals surface area contributed by atoms with Crippen LogP contribution in [0.25, 0.3) is 10.9 Å². The molecule has 1 aromatic heterocycles. The van der Waals surface area contributed by atoms with Crippen LogP contribution < -0.4 is 10.1 Å². The summed E-state index contributed by atoms with van der Waals surface area (Å²) in [4.78, 5) is 8.64. The minimum Gasteiger partial charge on any atom is -0.493 e. The number of benzene rings is 2. The van der Waals surface area contributed by atoms with E-state index < -0.39 is 0 Å². The molecule has 0 fully saturated rings. The Morgan fingerprint density at radius 1 is 0.880 bits per heavy atom. The normalized spacial score (nSPS) is 10.8. The largest absolute Gasteiger partial charge is 0.493 e. The number of unbranched alkanes of at least 4 members (excludes halogenated alkanes) is 3. The van der Waals surface area contributed by atoms with Crippen LogP contribution in [0.1, 0.15) is 31.2 Å². The van der Waals surface area contributed by atoms with Crippen LogP contribution in [-0.4, -0.2) is 23.1 Å². The number of nitrogens with zero attached hydrogens (tertiary/aromatic N) is 2. The van der Waals surface area contributed by atoms with Crippen molar-refractivity contribution >= 4 is 16.7 Å². The van der Waals surface area contributed by atoms with Crippen molar-refractivity contribution in [2.75, 3.05) is 18.5 Å². The van der Waals surface area contributed by atoms with Gasteiger partial charge in [0.05, 0.1) is 12.1 Å². The highest BCUT2D eigenvalue weighted by molar-refractivity contribution is 5.88. The molecule has 130 valence electrons. The van der Waals surface area contributed by atoms with Crippen LogP contribution >= 0.6 is 0 Å². The quantitative estimate of drug-likeness (QED) is 0.560. The van der Waals surface area contributed by atoms with Gasteiger partial charge >= 0.3 is 0 Å². The molecular weight excluding hydrogens is 310 g/mol. The van der Waals surface area contributed by atoms with Gasteiger partial charge in [0.25, 0.3) is 0 Å². The number of aryl methyl sites for hydroxylation is 1.